The minimum Gasteiger partial charge on any atom is -0.490 e. The van der Waals surface area contributed by atoms with E-state index in [1.54, 1.807) is 12.1 Å². The van der Waals surface area contributed by atoms with E-state index in [-0.39, 0.29) is 10.0 Å². The molecule has 0 aliphatic heterocycles. The lowest BCUT2D eigenvalue weighted by Gasteiger charge is -2.13. The third-order valence-electron chi connectivity index (χ3n) is 2.85. The molecule has 0 fully saturated rings. The van der Waals surface area contributed by atoms with Crippen molar-refractivity contribution in [1.82, 2.24) is 9.88 Å². The number of benzene rings is 1. The largest absolute Gasteiger partial charge is 0.490 e. The van der Waals surface area contributed by atoms with E-state index in [1.807, 2.05) is 19.0 Å². The van der Waals surface area contributed by atoms with Crippen LogP contribution in [0.1, 0.15) is 0 Å². The summed E-state index contributed by atoms with van der Waals surface area (Å²) in [7, 11) is 0.0226. The Labute approximate surface area is 128 Å². The van der Waals surface area contributed by atoms with Gasteiger partial charge < -0.3 is 9.64 Å². The number of nitrogens with two attached hydrogens (primary N) is 1. The van der Waals surface area contributed by atoms with Crippen LogP contribution < -0.4 is 9.88 Å². The van der Waals surface area contributed by atoms with Gasteiger partial charge in [-0.15, -0.1) is 0 Å². The minimum atomic E-state index is -3.84. The lowest BCUT2D eigenvalue weighted by molar-refractivity contribution is 0.263. The highest BCUT2D eigenvalue weighted by atomic mass is 35.5. The number of hydrogen-bond acceptors (Lipinski definition) is 5. The zero-order valence-corrected chi connectivity index (χ0v) is 13.3. The first kappa shape index (κ1) is 16.0. The molecule has 0 saturated heterocycles. The Hall–Kier alpha value is -1.41. The van der Waals surface area contributed by atoms with Crippen molar-refractivity contribution in [2.75, 3.05) is 27.2 Å². The Morgan fingerprint density at radius 3 is 2.62 bits per heavy atom. The fourth-order valence-corrected chi connectivity index (χ4v) is 2.72. The van der Waals surface area contributed by atoms with Crippen LogP contribution >= 0.6 is 11.6 Å². The molecule has 1 heterocycles. The van der Waals surface area contributed by atoms with Crippen LogP contribution in [-0.4, -0.2) is 45.5 Å². The lowest BCUT2D eigenvalue weighted by atomic mass is 10.2. The van der Waals surface area contributed by atoms with Crippen LogP contribution in [0.3, 0.4) is 0 Å². The van der Waals surface area contributed by atoms with Crippen LogP contribution in [0.25, 0.3) is 10.9 Å². The molecule has 0 radical (unpaired) electrons. The number of sulfonamides is 1. The molecule has 0 amide bonds. The second-order valence-corrected chi connectivity index (χ2v) is 6.71. The number of primary sulfonamides is 1. The molecule has 114 valence electrons. The van der Waals surface area contributed by atoms with Crippen molar-refractivity contribution < 1.29 is 13.2 Å². The summed E-state index contributed by atoms with van der Waals surface area (Å²) in [6.45, 7) is 1.17. The van der Waals surface area contributed by atoms with Gasteiger partial charge in [0.1, 0.15) is 23.0 Å². The molecule has 21 heavy (non-hydrogen) atoms. The van der Waals surface area contributed by atoms with Crippen LogP contribution in [0.4, 0.5) is 0 Å². The molecule has 0 aliphatic carbocycles. The van der Waals surface area contributed by atoms with Gasteiger partial charge in [-0.2, -0.15) is 0 Å². The van der Waals surface area contributed by atoms with E-state index in [4.69, 9.17) is 21.5 Å². The third kappa shape index (κ3) is 3.82. The molecular formula is C13H16ClN3O3S. The first-order valence-electron chi connectivity index (χ1n) is 6.18. The monoisotopic (exact) mass is 329 g/mol. The Balaban J connectivity index is 2.51. The van der Waals surface area contributed by atoms with Crippen molar-refractivity contribution in [2.45, 2.75) is 4.90 Å². The molecule has 2 N–H and O–H groups in total. The summed E-state index contributed by atoms with van der Waals surface area (Å²) in [6, 6.07) is 6.05. The first-order valence-corrected chi connectivity index (χ1v) is 8.11. The average Bonchev–Trinajstić information content (AvgIpc) is 2.37. The SMILES string of the molecule is CN(C)CCOc1ccc(S(N)(=O)=O)c2ccc(Cl)nc12. The number of nitrogens with zero attached hydrogens (tertiary/aromatic N) is 2. The molecule has 0 atom stereocenters. The van der Waals surface area contributed by atoms with E-state index >= 15 is 0 Å². The van der Waals surface area contributed by atoms with E-state index in [0.29, 0.717) is 23.3 Å². The Morgan fingerprint density at radius 1 is 1.29 bits per heavy atom. The number of pyridine rings is 1. The summed E-state index contributed by atoms with van der Waals surface area (Å²) in [6.07, 6.45) is 0. The van der Waals surface area contributed by atoms with Gasteiger partial charge in [0, 0.05) is 11.9 Å². The highest BCUT2D eigenvalue weighted by Gasteiger charge is 2.16. The van der Waals surface area contributed by atoms with Gasteiger partial charge in [-0.25, -0.2) is 18.5 Å². The van der Waals surface area contributed by atoms with Crippen LogP contribution in [0.5, 0.6) is 5.75 Å². The zero-order valence-electron chi connectivity index (χ0n) is 11.7. The van der Waals surface area contributed by atoms with Crippen molar-refractivity contribution in [3.63, 3.8) is 0 Å². The van der Waals surface area contributed by atoms with E-state index in [1.165, 1.54) is 12.1 Å². The number of aromatic nitrogens is 1. The Morgan fingerprint density at radius 2 is 2.00 bits per heavy atom. The molecule has 1 aromatic heterocycles. The van der Waals surface area contributed by atoms with Crippen LogP contribution in [0.2, 0.25) is 5.15 Å². The number of ether oxygens (including phenoxy) is 1. The van der Waals surface area contributed by atoms with Gasteiger partial charge >= 0.3 is 0 Å². The van der Waals surface area contributed by atoms with Crippen molar-refractivity contribution in [1.29, 1.82) is 0 Å². The van der Waals surface area contributed by atoms with Gasteiger partial charge in [-0.1, -0.05) is 11.6 Å². The van der Waals surface area contributed by atoms with Gasteiger partial charge in [-0.05, 0) is 38.4 Å². The molecule has 0 bridgehead atoms. The predicted octanol–water partition coefficient (Wildman–Crippen LogP) is 1.48. The molecule has 8 heteroatoms. The van der Waals surface area contributed by atoms with Crippen LogP contribution in [0, 0.1) is 0 Å². The van der Waals surface area contributed by atoms with Gasteiger partial charge in [0.25, 0.3) is 0 Å². The number of likely N-dealkylation sites (N-methyl/N-ethyl adjacent to an activating group) is 1. The van der Waals surface area contributed by atoms with Gasteiger partial charge in [-0.3, -0.25) is 0 Å². The normalized spacial score (nSPS) is 12.0. The fraction of sp³-hybridized carbons (Fsp3) is 0.308. The topological polar surface area (TPSA) is 85.5 Å². The summed E-state index contributed by atoms with van der Waals surface area (Å²) in [5.74, 6) is 0.474. The summed E-state index contributed by atoms with van der Waals surface area (Å²) < 4.78 is 28.9. The summed E-state index contributed by atoms with van der Waals surface area (Å²) >= 11 is 5.89. The molecule has 2 rings (SSSR count). The Bertz CT molecular complexity index is 763. The smallest absolute Gasteiger partial charge is 0.238 e. The maximum Gasteiger partial charge on any atom is 0.238 e. The van der Waals surface area contributed by atoms with Gasteiger partial charge in [0.15, 0.2) is 0 Å². The molecule has 0 unspecified atom stereocenters. The molecule has 0 saturated carbocycles. The van der Waals surface area contributed by atoms with Gasteiger partial charge in [0.05, 0.1) is 4.90 Å². The predicted molar refractivity (Wildman–Crippen MR) is 82.2 cm³/mol. The minimum absolute atomic E-state index is 0.00151. The average molecular weight is 330 g/mol. The number of fused-ring (bicyclic) bond motifs is 1. The zero-order chi connectivity index (χ0) is 15.6. The lowest BCUT2D eigenvalue weighted by Crippen LogP contribution is -2.19. The standard InChI is InChI=1S/C13H16ClN3O3S/c1-17(2)7-8-20-10-4-5-11(21(15,18)19)9-3-6-12(14)16-13(9)10/h3-6H,7-8H2,1-2H3,(H2,15,18,19). The maximum atomic E-state index is 11.6. The van der Waals surface area contributed by atoms with E-state index < -0.39 is 10.0 Å². The van der Waals surface area contributed by atoms with E-state index in [2.05, 4.69) is 4.98 Å². The van der Waals surface area contributed by atoms with Crippen molar-refractivity contribution in [2.24, 2.45) is 5.14 Å². The summed E-state index contributed by atoms with van der Waals surface area (Å²) in [5.41, 5.74) is 0.382. The number of halogens is 1. The quantitative estimate of drug-likeness (QED) is 0.840. The van der Waals surface area contributed by atoms with Crippen molar-refractivity contribution >= 4 is 32.5 Å². The van der Waals surface area contributed by atoms with E-state index in [0.717, 1.165) is 6.54 Å². The maximum absolute atomic E-state index is 11.6. The molecule has 6 nitrogen and oxygen atoms in total. The van der Waals surface area contributed by atoms with E-state index in [9.17, 15) is 8.42 Å². The third-order valence-corrected chi connectivity index (χ3v) is 4.03. The van der Waals surface area contributed by atoms with Crippen molar-refractivity contribution in [3.8, 4) is 5.75 Å². The molecule has 1 aromatic carbocycles. The second kappa shape index (κ2) is 6.15. The first-order chi connectivity index (χ1) is 9.79. The highest BCUT2D eigenvalue weighted by molar-refractivity contribution is 7.89. The molecule has 2 aromatic rings. The Kier molecular flexibility index (Phi) is 4.67. The summed E-state index contributed by atoms with van der Waals surface area (Å²) in [5, 5.41) is 5.86. The summed E-state index contributed by atoms with van der Waals surface area (Å²) in [4.78, 5) is 6.13. The van der Waals surface area contributed by atoms with Crippen molar-refractivity contribution in [3.05, 3.63) is 29.4 Å². The van der Waals surface area contributed by atoms with Crippen LogP contribution in [0.15, 0.2) is 29.2 Å². The number of hydrogen-bond donors (Lipinski definition) is 1. The highest BCUT2D eigenvalue weighted by Crippen LogP contribution is 2.30. The second-order valence-electron chi connectivity index (χ2n) is 4.79. The van der Waals surface area contributed by atoms with Crippen LogP contribution in [-0.2, 0) is 10.0 Å². The fourth-order valence-electron chi connectivity index (χ4n) is 1.84. The number of rotatable bonds is 5. The molecule has 0 aliphatic rings. The molecule has 0 spiro atoms. The van der Waals surface area contributed by atoms with Gasteiger partial charge in [0.2, 0.25) is 10.0 Å². The molecular weight excluding hydrogens is 314 g/mol.